The van der Waals surface area contributed by atoms with Crippen molar-refractivity contribution < 1.29 is 5.11 Å². The highest BCUT2D eigenvalue weighted by molar-refractivity contribution is 5.25. The molecule has 0 unspecified atom stereocenters. The standard InChI is InChI=1S/C10H11NO/c1-8(12)10(7-11)9-5-3-2-4-6-9/h2-6,8,10,12H,1H3/t8-,10+/m1/s1. The maximum absolute atomic E-state index is 9.24. The Labute approximate surface area is 72.1 Å². The summed E-state index contributed by atoms with van der Waals surface area (Å²) in [7, 11) is 0. The monoisotopic (exact) mass is 161 g/mol. The molecule has 1 aromatic carbocycles. The summed E-state index contributed by atoms with van der Waals surface area (Å²) in [5.41, 5.74) is 0.870. The Hall–Kier alpha value is -1.33. The zero-order valence-electron chi connectivity index (χ0n) is 6.94. The quantitative estimate of drug-likeness (QED) is 0.717. The van der Waals surface area contributed by atoms with E-state index in [1.54, 1.807) is 6.92 Å². The molecule has 0 aromatic heterocycles. The first-order valence-electron chi connectivity index (χ1n) is 3.88. The fourth-order valence-corrected chi connectivity index (χ4v) is 1.12. The highest BCUT2D eigenvalue weighted by Crippen LogP contribution is 2.17. The first-order valence-corrected chi connectivity index (χ1v) is 3.88. The molecule has 0 amide bonds. The van der Waals surface area contributed by atoms with Crippen LogP contribution in [0.15, 0.2) is 30.3 Å². The lowest BCUT2D eigenvalue weighted by Gasteiger charge is -2.11. The van der Waals surface area contributed by atoms with Gasteiger partial charge in [-0.2, -0.15) is 5.26 Å². The number of aliphatic hydroxyl groups excluding tert-OH is 1. The van der Waals surface area contributed by atoms with Gasteiger partial charge in [-0.1, -0.05) is 30.3 Å². The van der Waals surface area contributed by atoms with Crippen LogP contribution in [0.1, 0.15) is 18.4 Å². The molecule has 0 aliphatic heterocycles. The molecule has 12 heavy (non-hydrogen) atoms. The van der Waals surface area contributed by atoms with Gasteiger partial charge in [0.15, 0.2) is 0 Å². The second-order valence-electron chi connectivity index (χ2n) is 2.76. The molecule has 0 saturated heterocycles. The summed E-state index contributed by atoms with van der Waals surface area (Å²) in [6.07, 6.45) is -0.614. The van der Waals surface area contributed by atoms with E-state index in [1.165, 1.54) is 0 Å². The Morgan fingerprint density at radius 3 is 2.33 bits per heavy atom. The summed E-state index contributed by atoms with van der Waals surface area (Å²) < 4.78 is 0. The van der Waals surface area contributed by atoms with Crippen molar-refractivity contribution in [2.45, 2.75) is 18.9 Å². The van der Waals surface area contributed by atoms with Crippen molar-refractivity contribution in [1.29, 1.82) is 5.26 Å². The molecule has 0 saturated carbocycles. The molecule has 1 rings (SSSR count). The molecule has 0 spiro atoms. The van der Waals surface area contributed by atoms with Gasteiger partial charge >= 0.3 is 0 Å². The highest BCUT2D eigenvalue weighted by atomic mass is 16.3. The van der Waals surface area contributed by atoms with E-state index in [4.69, 9.17) is 5.26 Å². The van der Waals surface area contributed by atoms with E-state index in [9.17, 15) is 5.11 Å². The van der Waals surface area contributed by atoms with Crippen molar-refractivity contribution in [2.24, 2.45) is 0 Å². The summed E-state index contributed by atoms with van der Waals surface area (Å²) >= 11 is 0. The molecule has 2 nitrogen and oxygen atoms in total. The Morgan fingerprint density at radius 1 is 1.33 bits per heavy atom. The molecule has 0 aliphatic rings. The van der Waals surface area contributed by atoms with Gasteiger partial charge in [0.05, 0.1) is 18.1 Å². The summed E-state index contributed by atoms with van der Waals surface area (Å²) in [4.78, 5) is 0. The van der Waals surface area contributed by atoms with Gasteiger partial charge in [-0.05, 0) is 12.5 Å². The molecular formula is C10H11NO. The highest BCUT2D eigenvalue weighted by Gasteiger charge is 2.15. The smallest absolute Gasteiger partial charge is 0.0969 e. The number of aliphatic hydroxyl groups is 1. The van der Waals surface area contributed by atoms with Crippen LogP contribution in [0.2, 0.25) is 0 Å². The second-order valence-corrected chi connectivity index (χ2v) is 2.76. The van der Waals surface area contributed by atoms with Gasteiger partial charge in [0, 0.05) is 0 Å². The number of rotatable bonds is 2. The SMILES string of the molecule is C[C@@H](O)[C@H](C#N)c1ccccc1. The fourth-order valence-electron chi connectivity index (χ4n) is 1.12. The zero-order valence-corrected chi connectivity index (χ0v) is 6.94. The summed E-state index contributed by atoms with van der Waals surface area (Å²) in [6.45, 7) is 1.63. The largest absolute Gasteiger partial charge is 0.392 e. The summed E-state index contributed by atoms with van der Waals surface area (Å²) in [6, 6.07) is 11.4. The van der Waals surface area contributed by atoms with Crippen molar-refractivity contribution in [1.82, 2.24) is 0 Å². The van der Waals surface area contributed by atoms with Crippen LogP contribution in [0.25, 0.3) is 0 Å². The van der Waals surface area contributed by atoms with Crippen molar-refractivity contribution >= 4 is 0 Å². The molecule has 0 bridgehead atoms. The molecule has 1 N–H and O–H groups in total. The van der Waals surface area contributed by atoms with Crippen molar-refractivity contribution in [3.63, 3.8) is 0 Å². The minimum atomic E-state index is -0.614. The van der Waals surface area contributed by atoms with Crippen LogP contribution in [-0.2, 0) is 0 Å². The number of nitriles is 1. The van der Waals surface area contributed by atoms with Gasteiger partial charge in [0.2, 0.25) is 0 Å². The van der Waals surface area contributed by atoms with E-state index >= 15 is 0 Å². The molecule has 0 heterocycles. The first kappa shape index (κ1) is 8.76. The lowest BCUT2D eigenvalue weighted by Crippen LogP contribution is -2.12. The van der Waals surface area contributed by atoms with Crippen LogP contribution in [0.3, 0.4) is 0 Å². The van der Waals surface area contributed by atoms with Gasteiger partial charge in [0.1, 0.15) is 0 Å². The van der Waals surface area contributed by atoms with Crippen LogP contribution in [-0.4, -0.2) is 11.2 Å². The van der Waals surface area contributed by atoms with E-state index in [0.29, 0.717) is 0 Å². The Kier molecular flexibility index (Phi) is 2.84. The van der Waals surface area contributed by atoms with E-state index in [2.05, 4.69) is 6.07 Å². The molecule has 0 radical (unpaired) electrons. The van der Waals surface area contributed by atoms with Crippen LogP contribution < -0.4 is 0 Å². The molecule has 62 valence electrons. The maximum Gasteiger partial charge on any atom is 0.0969 e. The maximum atomic E-state index is 9.24. The Balaban J connectivity index is 2.90. The number of hydrogen-bond donors (Lipinski definition) is 1. The predicted molar refractivity (Wildman–Crippen MR) is 46.5 cm³/mol. The van der Waals surface area contributed by atoms with Crippen molar-refractivity contribution in [3.8, 4) is 6.07 Å². The van der Waals surface area contributed by atoms with Gasteiger partial charge in [-0.25, -0.2) is 0 Å². The number of hydrogen-bond acceptors (Lipinski definition) is 2. The minimum absolute atomic E-state index is 0.411. The molecule has 2 heteroatoms. The Bertz CT molecular complexity index is 274. The predicted octanol–water partition coefficient (Wildman–Crippen LogP) is 1.67. The third-order valence-electron chi connectivity index (χ3n) is 1.78. The topological polar surface area (TPSA) is 44.0 Å². The van der Waals surface area contributed by atoms with Gasteiger partial charge in [-0.3, -0.25) is 0 Å². The van der Waals surface area contributed by atoms with Crippen LogP contribution >= 0.6 is 0 Å². The average Bonchev–Trinajstić information content (AvgIpc) is 2.07. The van der Waals surface area contributed by atoms with Crippen molar-refractivity contribution in [3.05, 3.63) is 35.9 Å². The zero-order chi connectivity index (χ0) is 8.97. The van der Waals surface area contributed by atoms with Gasteiger partial charge in [0.25, 0.3) is 0 Å². The number of nitrogens with zero attached hydrogens (tertiary/aromatic N) is 1. The summed E-state index contributed by atoms with van der Waals surface area (Å²) in [5.74, 6) is -0.411. The second kappa shape index (κ2) is 3.89. The van der Waals surface area contributed by atoms with Crippen molar-refractivity contribution in [2.75, 3.05) is 0 Å². The van der Waals surface area contributed by atoms with E-state index in [0.717, 1.165) is 5.56 Å². The third-order valence-corrected chi connectivity index (χ3v) is 1.78. The first-order chi connectivity index (χ1) is 5.75. The van der Waals surface area contributed by atoms with E-state index < -0.39 is 12.0 Å². The van der Waals surface area contributed by atoms with Crippen LogP contribution in [0, 0.1) is 11.3 Å². The minimum Gasteiger partial charge on any atom is -0.392 e. The molecule has 0 aliphatic carbocycles. The fraction of sp³-hybridized carbons (Fsp3) is 0.300. The molecule has 0 fully saturated rings. The third kappa shape index (κ3) is 1.84. The Morgan fingerprint density at radius 2 is 1.92 bits per heavy atom. The van der Waals surface area contributed by atoms with Crippen LogP contribution in [0.5, 0.6) is 0 Å². The average molecular weight is 161 g/mol. The van der Waals surface area contributed by atoms with Gasteiger partial charge < -0.3 is 5.11 Å². The van der Waals surface area contributed by atoms with E-state index in [1.807, 2.05) is 30.3 Å². The lowest BCUT2D eigenvalue weighted by atomic mass is 9.96. The molecular weight excluding hydrogens is 150 g/mol. The molecule has 2 atom stereocenters. The van der Waals surface area contributed by atoms with Gasteiger partial charge in [-0.15, -0.1) is 0 Å². The normalized spacial score (nSPS) is 14.8. The van der Waals surface area contributed by atoms with E-state index in [-0.39, 0.29) is 0 Å². The summed E-state index contributed by atoms with van der Waals surface area (Å²) in [5, 5.41) is 18.0. The lowest BCUT2D eigenvalue weighted by molar-refractivity contribution is 0.181. The van der Waals surface area contributed by atoms with Crippen LogP contribution in [0.4, 0.5) is 0 Å². The number of benzene rings is 1. The molecule has 1 aromatic rings.